The summed E-state index contributed by atoms with van der Waals surface area (Å²) in [5.74, 6) is 1.05. The maximum absolute atomic E-state index is 13.5. The number of nitrogens with zero attached hydrogens (tertiary/aromatic N) is 2. The molecule has 2 fully saturated rings. The van der Waals surface area contributed by atoms with Crippen molar-refractivity contribution in [1.29, 1.82) is 0 Å². The molecule has 2 aromatic heterocycles. The first-order valence-electron chi connectivity index (χ1n) is 12.3. The van der Waals surface area contributed by atoms with E-state index in [1.165, 1.54) is 4.88 Å². The van der Waals surface area contributed by atoms with Crippen molar-refractivity contribution in [3.63, 3.8) is 0 Å². The number of aliphatic hydroxyl groups excluding tert-OH is 2. The smallest absolute Gasteiger partial charge is 0.223 e. The second-order valence-electron chi connectivity index (χ2n) is 11.1. The van der Waals surface area contributed by atoms with E-state index in [-0.39, 0.29) is 29.8 Å². The maximum atomic E-state index is 13.5. The van der Waals surface area contributed by atoms with E-state index in [0.29, 0.717) is 18.8 Å². The number of aliphatic hydroxyl groups is 2. The van der Waals surface area contributed by atoms with E-state index in [9.17, 15) is 15.0 Å². The van der Waals surface area contributed by atoms with Gasteiger partial charge in [-0.3, -0.25) is 4.79 Å². The van der Waals surface area contributed by atoms with Crippen LogP contribution in [0.5, 0.6) is 0 Å². The molecule has 0 unspecified atom stereocenters. The van der Waals surface area contributed by atoms with Gasteiger partial charge < -0.3 is 15.1 Å². The topological polar surface area (TPSA) is 73.7 Å². The van der Waals surface area contributed by atoms with E-state index < -0.39 is 11.5 Å². The largest absolute Gasteiger partial charge is 0.396 e. The Hall–Kier alpha value is -1.28. The van der Waals surface area contributed by atoms with Gasteiger partial charge in [0.1, 0.15) is 5.01 Å². The molecule has 2 N–H and O–H groups in total. The van der Waals surface area contributed by atoms with Crippen LogP contribution in [-0.4, -0.2) is 51.8 Å². The molecule has 0 aromatic carbocycles. The van der Waals surface area contributed by atoms with Gasteiger partial charge in [0.2, 0.25) is 5.91 Å². The summed E-state index contributed by atoms with van der Waals surface area (Å²) in [4.78, 5) is 22.0. The summed E-state index contributed by atoms with van der Waals surface area (Å²) in [6.45, 7) is 8.26. The number of thiophene rings is 1. The molecule has 5 rings (SSSR count). The summed E-state index contributed by atoms with van der Waals surface area (Å²) in [7, 11) is 0. The third kappa shape index (κ3) is 3.89. The zero-order valence-corrected chi connectivity index (χ0v) is 21.6. The van der Waals surface area contributed by atoms with Gasteiger partial charge in [-0.2, -0.15) is 11.3 Å². The van der Waals surface area contributed by atoms with Gasteiger partial charge in [-0.05, 0) is 60.8 Å². The first-order chi connectivity index (χ1) is 15.8. The van der Waals surface area contributed by atoms with Gasteiger partial charge in [-0.25, -0.2) is 4.98 Å². The van der Waals surface area contributed by atoms with Crippen LogP contribution in [0.15, 0.2) is 16.8 Å². The Morgan fingerprint density at radius 1 is 1.27 bits per heavy atom. The summed E-state index contributed by atoms with van der Waals surface area (Å²) in [5, 5.41) is 26.6. The highest BCUT2D eigenvalue weighted by Gasteiger charge is 2.59. The van der Waals surface area contributed by atoms with Crippen molar-refractivity contribution >= 4 is 28.6 Å². The van der Waals surface area contributed by atoms with E-state index in [1.54, 1.807) is 22.7 Å². The molecule has 7 heteroatoms. The predicted molar refractivity (Wildman–Crippen MR) is 133 cm³/mol. The monoisotopic (exact) mass is 488 g/mol. The Balaban J connectivity index is 1.54. The van der Waals surface area contributed by atoms with Crippen molar-refractivity contribution in [1.82, 2.24) is 9.88 Å². The minimum Gasteiger partial charge on any atom is -0.396 e. The van der Waals surface area contributed by atoms with Gasteiger partial charge in [0.25, 0.3) is 0 Å². The maximum Gasteiger partial charge on any atom is 0.223 e. The van der Waals surface area contributed by atoms with Gasteiger partial charge in [0, 0.05) is 46.7 Å². The lowest BCUT2D eigenvalue weighted by Gasteiger charge is -2.58. The van der Waals surface area contributed by atoms with Crippen LogP contribution in [0.4, 0.5) is 0 Å². The van der Waals surface area contributed by atoms with Crippen molar-refractivity contribution in [3.05, 3.63) is 27.4 Å². The fraction of sp³-hybridized carbons (Fsp3) is 0.692. The van der Waals surface area contributed by atoms with Crippen molar-refractivity contribution in [2.45, 2.75) is 71.3 Å². The number of piperidine rings is 1. The van der Waals surface area contributed by atoms with Crippen LogP contribution in [0.1, 0.15) is 69.4 Å². The van der Waals surface area contributed by atoms with Gasteiger partial charge in [0.15, 0.2) is 0 Å². The molecule has 5 nitrogen and oxygen atoms in total. The van der Waals surface area contributed by atoms with E-state index >= 15 is 0 Å². The van der Waals surface area contributed by atoms with Gasteiger partial charge in [-0.15, -0.1) is 11.3 Å². The predicted octanol–water partition coefficient (Wildman–Crippen LogP) is 4.94. The van der Waals surface area contributed by atoms with Gasteiger partial charge in [-0.1, -0.05) is 20.8 Å². The van der Waals surface area contributed by atoms with Crippen LogP contribution < -0.4 is 0 Å². The fourth-order valence-electron chi connectivity index (χ4n) is 6.72. The van der Waals surface area contributed by atoms with E-state index in [2.05, 4.69) is 35.6 Å². The number of likely N-dealkylation sites (tertiary alicyclic amines) is 1. The lowest BCUT2D eigenvalue weighted by atomic mass is 9.47. The van der Waals surface area contributed by atoms with E-state index in [4.69, 9.17) is 4.98 Å². The summed E-state index contributed by atoms with van der Waals surface area (Å²) in [6, 6.07) is 2.11. The highest BCUT2D eigenvalue weighted by atomic mass is 32.1. The Kier molecular flexibility index (Phi) is 6.21. The van der Waals surface area contributed by atoms with Gasteiger partial charge >= 0.3 is 0 Å². The average Bonchev–Trinajstić information content (AvgIpc) is 3.48. The number of rotatable bonds is 4. The zero-order chi connectivity index (χ0) is 23.4. The molecule has 5 atom stereocenters. The van der Waals surface area contributed by atoms with Crippen LogP contribution in [0.3, 0.4) is 0 Å². The Labute approximate surface area is 204 Å². The Morgan fingerprint density at radius 3 is 2.70 bits per heavy atom. The normalized spacial score (nSPS) is 34.7. The van der Waals surface area contributed by atoms with Crippen LogP contribution >= 0.6 is 22.7 Å². The molecule has 33 heavy (non-hydrogen) atoms. The molecular weight excluding hydrogens is 452 g/mol. The highest BCUT2D eigenvalue weighted by Crippen LogP contribution is 2.63. The molecule has 1 saturated carbocycles. The molecule has 2 aromatic rings. The third-order valence-corrected chi connectivity index (χ3v) is 11.0. The summed E-state index contributed by atoms with van der Waals surface area (Å²) >= 11 is 3.41. The number of aromatic nitrogens is 1. The second kappa shape index (κ2) is 8.74. The lowest BCUT2D eigenvalue weighted by molar-refractivity contribution is -0.147. The van der Waals surface area contributed by atoms with Crippen molar-refractivity contribution in [2.24, 2.45) is 22.7 Å². The van der Waals surface area contributed by atoms with Gasteiger partial charge in [0.05, 0.1) is 18.4 Å². The minimum atomic E-state index is -0.570. The zero-order valence-electron chi connectivity index (χ0n) is 19.9. The Morgan fingerprint density at radius 2 is 2.03 bits per heavy atom. The summed E-state index contributed by atoms with van der Waals surface area (Å²) in [5.41, 5.74) is 1.49. The number of hydrogen-bond donors (Lipinski definition) is 2. The van der Waals surface area contributed by atoms with Crippen molar-refractivity contribution in [3.8, 4) is 10.6 Å². The fourth-order valence-corrected chi connectivity index (χ4v) is 8.60. The quantitative estimate of drug-likeness (QED) is 0.640. The van der Waals surface area contributed by atoms with Crippen LogP contribution in [0, 0.1) is 22.7 Å². The molecule has 1 aliphatic heterocycles. The number of amides is 1. The Bertz CT molecular complexity index is 997. The number of hydrogen-bond acceptors (Lipinski definition) is 6. The molecular formula is C26H36N2O3S2. The minimum absolute atomic E-state index is 0.0140. The molecule has 3 heterocycles. The molecule has 2 aliphatic carbocycles. The highest BCUT2D eigenvalue weighted by molar-refractivity contribution is 7.15. The molecule has 1 saturated heterocycles. The summed E-state index contributed by atoms with van der Waals surface area (Å²) in [6.07, 6.45) is 4.43. The molecule has 180 valence electrons. The van der Waals surface area contributed by atoms with E-state index in [1.807, 2.05) is 6.92 Å². The lowest BCUT2D eigenvalue weighted by Crippen LogP contribution is -2.57. The van der Waals surface area contributed by atoms with Crippen LogP contribution in [0.25, 0.3) is 10.6 Å². The number of thiazole rings is 1. The molecule has 0 radical (unpaired) electrons. The number of carbonyl (C=O) groups is 1. The molecule has 0 spiro atoms. The van der Waals surface area contributed by atoms with Crippen molar-refractivity contribution in [2.75, 3.05) is 19.7 Å². The first kappa shape index (κ1) is 23.5. The summed E-state index contributed by atoms with van der Waals surface area (Å²) < 4.78 is 0. The molecule has 3 aliphatic rings. The number of fused-ring (bicyclic) bond motifs is 2. The van der Waals surface area contributed by atoms with Crippen molar-refractivity contribution < 1.29 is 15.0 Å². The van der Waals surface area contributed by atoms with Crippen LogP contribution in [-0.2, 0) is 11.2 Å². The van der Waals surface area contributed by atoms with E-state index in [0.717, 1.165) is 55.0 Å². The first-order valence-corrected chi connectivity index (χ1v) is 14.1. The average molecular weight is 489 g/mol. The SMILES string of the molecule is CC1CCN(C(=O)C[C@H]2c3nc(-c4ccsc4)sc3C[C@H]3[C@](C)(CO)[C@H](O)CC[C@]32C)CC1. The standard InChI is InChI=1S/C26H36N2O3S2/c1-16-5-9-28(10-6-16)22(31)12-18-23-19(33-24(27-23)17-7-11-32-14-17)13-20-25(18,2)8-4-21(30)26(20,3)15-29/h7,11,14,16,18,20-21,29-30H,4-6,8-10,12-13,15H2,1-3H3/t18-,20+,21+,25-,26-/m0/s1. The second-order valence-corrected chi connectivity index (χ2v) is 13.0. The molecule has 1 amide bonds. The third-order valence-electron chi connectivity index (χ3n) is 9.18. The molecule has 0 bridgehead atoms. The van der Waals surface area contributed by atoms with Crippen LogP contribution in [0.2, 0.25) is 0 Å². The number of carbonyl (C=O) groups excluding carboxylic acids is 1.